The van der Waals surface area contributed by atoms with E-state index in [1.165, 1.54) is 38.8 Å². The van der Waals surface area contributed by atoms with Gasteiger partial charge in [-0.3, -0.25) is 4.90 Å². The van der Waals surface area contributed by atoms with Gasteiger partial charge in [-0.1, -0.05) is 27.2 Å². The minimum atomic E-state index is 0.715. The molecule has 1 heterocycles. The molecule has 2 aliphatic rings. The highest BCUT2D eigenvalue weighted by molar-refractivity contribution is 4.92. The van der Waals surface area contributed by atoms with Crippen LogP contribution in [-0.4, -0.2) is 36.1 Å². The van der Waals surface area contributed by atoms with Gasteiger partial charge in [0, 0.05) is 31.2 Å². The maximum atomic E-state index is 3.74. The van der Waals surface area contributed by atoms with Crippen LogP contribution in [0, 0.1) is 11.8 Å². The Morgan fingerprint density at radius 3 is 2.65 bits per heavy atom. The van der Waals surface area contributed by atoms with Crippen molar-refractivity contribution in [3.63, 3.8) is 0 Å². The Hall–Kier alpha value is -0.0800. The molecule has 0 aromatic carbocycles. The number of nitrogens with one attached hydrogen (secondary N) is 1. The number of hydrogen-bond donors (Lipinski definition) is 1. The van der Waals surface area contributed by atoms with Crippen LogP contribution in [0.1, 0.15) is 53.4 Å². The predicted octanol–water partition coefficient (Wildman–Crippen LogP) is 2.88. The highest BCUT2D eigenvalue weighted by atomic mass is 15.3. The normalized spacial score (nSPS) is 41.6. The third-order valence-electron chi connectivity index (χ3n) is 5.12. The lowest BCUT2D eigenvalue weighted by atomic mass is 9.94. The molecule has 2 rings (SSSR count). The van der Waals surface area contributed by atoms with Gasteiger partial charge in [0.05, 0.1) is 0 Å². The standard InChI is InChI=1S/C15H30N2/c1-5-12(3)15-10-17(13(4)9-16-15)14-7-6-11(2)8-14/h11-16H,5-10H2,1-4H3. The van der Waals surface area contributed by atoms with Crippen LogP contribution in [-0.2, 0) is 0 Å². The lowest BCUT2D eigenvalue weighted by Gasteiger charge is -2.44. The molecule has 0 aromatic heterocycles. The SMILES string of the molecule is CCC(C)C1CN(C2CCC(C)C2)C(C)CN1. The zero-order valence-corrected chi connectivity index (χ0v) is 12.1. The van der Waals surface area contributed by atoms with Crippen LogP contribution in [0.2, 0.25) is 0 Å². The molecule has 0 bridgehead atoms. The van der Waals surface area contributed by atoms with E-state index in [1.54, 1.807) is 0 Å². The summed E-state index contributed by atoms with van der Waals surface area (Å²) in [6, 6.07) is 2.31. The van der Waals surface area contributed by atoms with Gasteiger partial charge in [0.15, 0.2) is 0 Å². The van der Waals surface area contributed by atoms with Gasteiger partial charge in [0.2, 0.25) is 0 Å². The van der Waals surface area contributed by atoms with E-state index in [1.807, 2.05) is 0 Å². The molecular formula is C15H30N2. The van der Waals surface area contributed by atoms with Gasteiger partial charge in [-0.15, -0.1) is 0 Å². The number of rotatable bonds is 3. The predicted molar refractivity (Wildman–Crippen MR) is 74.2 cm³/mol. The van der Waals surface area contributed by atoms with Crippen molar-refractivity contribution in [3.8, 4) is 0 Å². The molecule has 0 radical (unpaired) electrons. The Labute approximate surface area is 107 Å². The van der Waals surface area contributed by atoms with Crippen LogP contribution in [0.3, 0.4) is 0 Å². The van der Waals surface area contributed by atoms with Crippen molar-refractivity contribution in [2.75, 3.05) is 13.1 Å². The summed E-state index contributed by atoms with van der Waals surface area (Å²) < 4.78 is 0. The molecule has 0 aromatic rings. The largest absolute Gasteiger partial charge is 0.311 e. The van der Waals surface area contributed by atoms with Gasteiger partial charge in [0.25, 0.3) is 0 Å². The van der Waals surface area contributed by atoms with Gasteiger partial charge in [-0.25, -0.2) is 0 Å². The fraction of sp³-hybridized carbons (Fsp3) is 1.00. The zero-order chi connectivity index (χ0) is 12.4. The van der Waals surface area contributed by atoms with Gasteiger partial charge >= 0.3 is 0 Å². The first-order valence-electron chi connectivity index (χ1n) is 7.61. The topological polar surface area (TPSA) is 15.3 Å². The molecular weight excluding hydrogens is 208 g/mol. The Balaban J connectivity index is 1.95. The average molecular weight is 238 g/mol. The minimum Gasteiger partial charge on any atom is -0.311 e. The maximum absolute atomic E-state index is 3.74. The van der Waals surface area contributed by atoms with Gasteiger partial charge in [-0.05, 0) is 38.0 Å². The van der Waals surface area contributed by atoms with Crippen LogP contribution in [0.4, 0.5) is 0 Å². The van der Waals surface area contributed by atoms with E-state index in [0.717, 1.165) is 23.9 Å². The quantitative estimate of drug-likeness (QED) is 0.813. The maximum Gasteiger partial charge on any atom is 0.0221 e. The molecule has 5 unspecified atom stereocenters. The fourth-order valence-corrected chi connectivity index (χ4v) is 3.56. The highest BCUT2D eigenvalue weighted by Gasteiger charge is 2.34. The van der Waals surface area contributed by atoms with Gasteiger partial charge < -0.3 is 5.32 Å². The molecule has 0 spiro atoms. The van der Waals surface area contributed by atoms with Crippen LogP contribution < -0.4 is 5.32 Å². The second kappa shape index (κ2) is 5.71. The molecule has 2 nitrogen and oxygen atoms in total. The zero-order valence-electron chi connectivity index (χ0n) is 12.1. The average Bonchev–Trinajstić information content (AvgIpc) is 2.75. The second-order valence-corrected chi connectivity index (χ2v) is 6.52. The van der Waals surface area contributed by atoms with Crippen molar-refractivity contribution in [2.45, 2.75) is 71.5 Å². The molecule has 2 heteroatoms. The summed E-state index contributed by atoms with van der Waals surface area (Å²) in [6.45, 7) is 12.0. The highest BCUT2D eigenvalue weighted by Crippen LogP contribution is 2.31. The second-order valence-electron chi connectivity index (χ2n) is 6.52. The fourth-order valence-electron chi connectivity index (χ4n) is 3.56. The summed E-state index contributed by atoms with van der Waals surface area (Å²) in [5, 5.41) is 3.74. The van der Waals surface area contributed by atoms with E-state index >= 15 is 0 Å². The Morgan fingerprint density at radius 2 is 2.06 bits per heavy atom. The molecule has 2 fully saturated rings. The van der Waals surface area contributed by atoms with Crippen molar-refractivity contribution in [3.05, 3.63) is 0 Å². The van der Waals surface area contributed by atoms with E-state index in [-0.39, 0.29) is 0 Å². The summed E-state index contributed by atoms with van der Waals surface area (Å²) in [5.41, 5.74) is 0. The minimum absolute atomic E-state index is 0.715. The number of nitrogens with zero attached hydrogens (tertiary/aromatic N) is 1. The first-order chi connectivity index (χ1) is 8.11. The summed E-state index contributed by atoms with van der Waals surface area (Å²) in [5.74, 6) is 1.76. The Morgan fingerprint density at radius 1 is 1.29 bits per heavy atom. The first kappa shape index (κ1) is 13.4. The van der Waals surface area contributed by atoms with Gasteiger partial charge in [-0.2, -0.15) is 0 Å². The van der Waals surface area contributed by atoms with Crippen molar-refractivity contribution in [1.82, 2.24) is 10.2 Å². The Kier molecular flexibility index (Phi) is 4.48. The molecule has 1 saturated carbocycles. The van der Waals surface area contributed by atoms with Crippen molar-refractivity contribution in [1.29, 1.82) is 0 Å². The lowest BCUT2D eigenvalue weighted by molar-refractivity contribution is 0.0758. The molecule has 100 valence electrons. The third kappa shape index (κ3) is 3.03. The van der Waals surface area contributed by atoms with Crippen LogP contribution in [0.15, 0.2) is 0 Å². The molecule has 17 heavy (non-hydrogen) atoms. The number of piperazine rings is 1. The van der Waals surface area contributed by atoms with Crippen LogP contribution in [0.25, 0.3) is 0 Å². The summed E-state index contributed by atoms with van der Waals surface area (Å²) >= 11 is 0. The smallest absolute Gasteiger partial charge is 0.0221 e. The first-order valence-corrected chi connectivity index (χ1v) is 7.61. The molecule has 1 aliphatic heterocycles. The van der Waals surface area contributed by atoms with Crippen molar-refractivity contribution in [2.24, 2.45) is 11.8 Å². The molecule has 1 aliphatic carbocycles. The van der Waals surface area contributed by atoms with E-state index in [2.05, 4.69) is 37.9 Å². The van der Waals surface area contributed by atoms with E-state index < -0.39 is 0 Å². The number of hydrogen-bond acceptors (Lipinski definition) is 2. The van der Waals surface area contributed by atoms with Crippen molar-refractivity contribution < 1.29 is 0 Å². The lowest BCUT2D eigenvalue weighted by Crippen LogP contribution is -2.59. The summed E-state index contributed by atoms with van der Waals surface area (Å²) in [6.07, 6.45) is 5.59. The molecule has 1 N–H and O–H groups in total. The van der Waals surface area contributed by atoms with Crippen LogP contribution >= 0.6 is 0 Å². The van der Waals surface area contributed by atoms with Crippen LogP contribution in [0.5, 0.6) is 0 Å². The van der Waals surface area contributed by atoms with E-state index in [9.17, 15) is 0 Å². The third-order valence-corrected chi connectivity index (χ3v) is 5.12. The molecule has 5 atom stereocenters. The van der Waals surface area contributed by atoms with E-state index in [4.69, 9.17) is 0 Å². The molecule has 1 saturated heterocycles. The van der Waals surface area contributed by atoms with Gasteiger partial charge in [0.1, 0.15) is 0 Å². The molecule has 0 amide bonds. The van der Waals surface area contributed by atoms with Crippen molar-refractivity contribution >= 4 is 0 Å². The monoisotopic (exact) mass is 238 g/mol. The Bertz CT molecular complexity index is 241. The van der Waals surface area contributed by atoms with E-state index in [0.29, 0.717) is 6.04 Å². The summed E-state index contributed by atoms with van der Waals surface area (Å²) in [4.78, 5) is 2.80. The summed E-state index contributed by atoms with van der Waals surface area (Å²) in [7, 11) is 0.